The quantitative estimate of drug-likeness (QED) is 0.795. The molecular formula is C23H33NO4. The Morgan fingerprint density at radius 2 is 2.18 bits per heavy atom. The van der Waals surface area contributed by atoms with Gasteiger partial charge in [0.1, 0.15) is 0 Å². The fourth-order valence-corrected chi connectivity index (χ4v) is 6.49. The van der Waals surface area contributed by atoms with Gasteiger partial charge in [-0.05, 0) is 54.4 Å². The number of aromatic hydroxyl groups is 1. The number of benzene rings is 1. The standard InChI is InChI=1S/C23H33NO4/c1-5-7-18(25)24-21-22(2,3)14-12-16-20(28-11-10-23(16,21)13-14)15-8-6-9-17(27-4)19(15)26/h6,8-9,14,16,20-21,26H,5,7,10-13H2,1-4H3,(H,24,25)/t14-,16-,20-,21-,23?/m1/s1. The monoisotopic (exact) mass is 387 g/mol. The number of phenolic OH excluding ortho intramolecular Hbond substituents is 1. The summed E-state index contributed by atoms with van der Waals surface area (Å²) in [5, 5.41) is 14.2. The van der Waals surface area contributed by atoms with Gasteiger partial charge in [0.05, 0.1) is 13.2 Å². The molecule has 3 aliphatic rings. The number of nitrogens with one attached hydrogen (secondary N) is 1. The lowest BCUT2D eigenvalue weighted by Crippen LogP contribution is -2.58. The van der Waals surface area contributed by atoms with Gasteiger partial charge in [0.25, 0.3) is 0 Å². The van der Waals surface area contributed by atoms with Crippen LogP contribution in [0, 0.1) is 22.7 Å². The van der Waals surface area contributed by atoms with E-state index in [0.29, 0.717) is 30.6 Å². The molecule has 0 aromatic heterocycles. The maximum Gasteiger partial charge on any atom is 0.220 e. The molecule has 2 bridgehead atoms. The van der Waals surface area contributed by atoms with Gasteiger partial charge in [-0.15, -0.1) is 0 Å². The molecule has 1 aromatic rings. The highest BCUT2D eigenvalue weighted by Gasteiger charge is 2.68. The summed E-state index contributed by atoms with van der Waals surface area (Å²) in [7, 11) is 1.57. The van der Waals surface area contributed by atoms with Crippen LogP contribution in [-0.4, -0.2) is 30.8 Å². The van der Waals surface area contributed by atoms with Crippen molar-refractivity contribution in [2.45, 2.75) is 65.0 Å². The number of para-hydroxylation sites is 1. The molecule has 5 nitrogen and oxygen atoms in total. The van der Waals surface area contributed by atoms with Gasteiger partial charge in [-0.1, -0.05) is 32.9 Å². The highest BCUT2D eigenvalue weighted by atomic mass is 16.5. The molecule has 2 N–H and O–H groups in total. The lowest BCUT2D eigenvalue weighted by molar-refractivity contribution is -0.137. The van der Waals surface area contributed by atoms with Crippen LogP contribution >= 0.6 is 0 Å². The number of fused-ring (bicyclic) bond motifs is 1. The Balaban J connectivity index is 1.69. The molecule has 1 amide bonds. The van der Waals surface area contributed by atoms with Crippen molar-refractivity contribution >= 4 is 5.91 Å². The minimum atomic E-state index is -0.157. The van der Waals surface area contributed by atoms with Gasteiger partial charge >= 0.3 is 0 Å². The van der Waals surface area contributed by atoms with Crippen LogP contribution in [0.25, 0.3) is 0 Å². The normalized spacial score (nSPS) is 35.4. The summed E-state index contributed by atoms with van der Waals surface area (Å²) in [6, 6.07) is 5.79. The fourth-order valence-electron chi connectivity index (χ4n) is 6.49. The molecule has 1 aromatic carbocycles. The van der Waals surface area contributed by atoms with Gasteiger partial charge in [0, 0.05) is 24.6 Å². The van der Waals surface area contributed by atoms with E-state index in [1.165, 1.54) is 0 Å². The van der Waals surface area contributed by atoms with Crippen molar-refractivity contribution in [3.63, 3.8) is 0 Å². The van der Waals surface area contributed by atoms with Crippen LogP contribution in [0.15, 0.2) is 18.2 Å². The third-order valence-corrected chi connectivity index (χ3v) is 7.84. The van der Waals surface area contributed by atoms with Crippen LogP contribution < -0.4 is 10.1 Å². The van der Waals surface area contributed by atoms with E-state index in [2.05, 4.69) is 19.2 Å². The molecule has 5 atom stereocenters. The SMILES string of the molecule is CCCC(=O)N[C@@H]1C(C)(C)[C@@H]2C[C@@H]3[C@@H](c4cccc(OC)c4O)OCCC31C2. The molecule has 154 valence electrons. The van der Waals surface area contributed by atoms with Gasteiger partial charge in [0.15, 0.2) is 11.5 Å². The molecule has 2 aliphatic carbocycles. The molecular weight excluding hydrogens is 354 g/mol. The maximum absolute atomic E-state index is 12.5. The number of methoxy groups -OCH3 is 1. The lowest BCUT2D eigenvalue weighted by Gasteiger charge is -2.53. The summed E-state index contributed by atoms with van der Waals surface area (Å²) < 4.78 is 11.6. The average molecular weight is 388 g/mol. The topological polar surface area (TPSA) is 67.8 Å². The van der Waals surface area contributed by atoms with Gasteiger partial charge < -0.3 is 19.9 Å². The highest BCUT2D eigenvalue weighted by Crippen LogP contribution is 2.70. The second-order valence-electron chi connectivity index (χ2n) is 9.49. The van der Waals surface area contributed by atoms with Crippen molar-refractivity contribution in [1.29, 1.82) is 0 Å². The minimum absolute atomic E-state index is 0.0377. The molecule has 4 rings (SSSR count). The fraction of sp³-hybridized carbons (Fsp3) is 0.696. The third kappa shape index (κ3) is 2.73. The van der Waals surface area contributed by atoms with Crippen molar-refractivity contribution in [1.82, 2.24) is 5.32 Å². The zero-order valence-corrected chi connectivity index (χ0v) is 17.5. The number of rotatable bonds is 5. The zero-order valence-electron chi connectivity index (χ0n) is 17.5. The van der Waals surface area contributed by atoms with Gasteiger partial charge in [-0.2, -0.15) is 0 Å². The van der Waals surface area contributed by atoms with Crippen LogP contribution in [0.1, 0.15) is 64.5 Å². The number of hydrogen-bond donors (Lipinski definition) is 2. The molecule has 0 radical (unpaired) electrons. The number of hydrogen-bond acceptors (Lipinski definition) is 4. The summed E-state index contributed by atoms with van der Waals surface area (Å²) in [6.07, 6.45) is 4.46. The van der Waals surface area contributed by atoms with Crippen LogP contribution in [0.3, 0.4) is 0 Å². The minimum Gasteiger partial charge on any atom is -0.504 e. The largest absolute Gasteiger partial charge is 0.504 e. The first-order valence-electron chi connectivity index (χ1n) is 10.6. The second-order valence-corrected chi connectivity index (χ2v) is 9.49. The molecule has 1 spiro atoms. The van der Waals surface area contributed by atoms with E-state index < -0.39 is 0 Å². The molecule has 28 heavy (non-hydrogen) atoms. The van der Waals surface area contributed by atoms with Crippen LogP contribution in [0.2, 0.25) is 0 Å². The first-order valence-corrected chi connectivity index (χ1v) is 10.6. The van der Waals surface area contributed by atoms with E-state index in [0.717, 1.165) is 31.2 Å². The number of ether oxygens (including phenoxy) is 2. The first-order chi connectivity index (χ1) is 13.3. The Hall–Kier alpha value is -1.75. The molecule has 1 unspecified atom stereocenters. The molecule has 5 heteroatoms. The van der Waals surface area contributed by atoms with Crippen molar-refractivity contribution in [2.75, 3.05) is 13.7 Å². The lowest BCUT2D eigenvalue weighted by atomic mass is 9.58. The van der Waals surface area contributed by atoms with E-state index in [-0.39, 0.29) is 34.6 Å². The van der Waals surface area contributed by atoms with E-state index >= 15 is 0 Å². The number of phenols is 1. The second kappa shape index (κ2) is 6.94. The Morgan fingerprint density at radius 1 is 1.39 bits per heavy atom. The van der Waals surface area contributed by atoms with Crippen molar-refractivity contribution in [2.24, 2.45) is 22.7 Å². The number of carbonyl (C=O) groups excluding carboxylic acids is 1. The van der Waals surface area contributed by atoms with E-state index in [4.69, 9.17) is 9.47 Å². The van der Waals surface area contributed by atoms with Crippen LogP contribution in [0.4, 0.5) is 0 Å². The summed E-state index contributed by atoms with van der Waals surface area (Å²) >= 11 is 0. The Labute approximate surface area is 167 Å². The molecule has 3 fully saturated rings. The summed E-state index contributed by atoms with van der Waals surface area (Å²) in [5.74, 6) is 1.68. The molecule has 2 saturated carbocycles. The highest BCUT2D eigenvalue weighted by molar-refractivity contribution is 5.76. The Kier molecular flexibility index (Phi) is 4.85. The van der Waals surface area contributed by atoms with Crippen molar-refractivity contribution in [3.8, 4) is 11.5 Å². The smallest absolute Gasteiger partial charge is 0.220 e. The first kappa shape index (κ1) is 19.6. The van der Waals surface area contributed by atoms with E-state index in [9.17, 15) is 9.90 Å². The number of amides is 1. The summed E-state index contributed by atoms with van der Waals surface area (Å²) in [4.78, 5) is 12.5. The van der Waals surface area contributed by atoms with Gasteiger partial charge in [-0.3, -0.25) is 4.79 Å². The Bertz CT molecular complexity index is 761. The van der Waals surface area contributed by atoms with Crippen molar-refractivity contribution < 1.29 is 19.4 Å². The maximum atomic E-state index is 12.5. The van der Waals surface area contributed by atoms with Crippen LogP contribution in [-0.2, 0) is 9.53 Å². The summed E-state index contributed by atoms with van der Waals surface area (Å²) in [6.45, 7) is 7.32. The Morgan fingerprint density at radius 3 is 2.89 bits per heavy atom. The van der Waals surface area contributed by atoms with Crippen molar-refractivity contribution in [3.05, 3.63) is 23.8 Å². The van der Waals surface area contributed by atoms with Gasteiger partial charge in [-0.25, -0.2) is 0 Å². The van der Waals surface area contributed by atoms with E-state index in [1.807, 2.05) is 19.1 Å². The molecule has 1 saturated heterocycles. The zero-order chi connectivity index (χ0) is 20.1. The molecule has 1 heterocycles. The van der Waals surface area contributed by atoms with Crippen LogP contribution in [0.5, 0.6) is 11.5 Å². The number of carbonyl (C=O) groups is 1. The van der Waals surface area contributed by atoms with E-state index in [1.54, 1.807) is 13.2 Å². The molecule has 1 aliphatic heterocycles. The average Bonchev–Trinajstić information content (AvgIpc) is 3.15. The summed E-state index contributed by atoms with van der Waals surface area (Å²) in [5.41, 5.74) is 0.932. The third-order valence-electron chi connectivity index (χ3n) is 7.84. The predicted molar refractivity (Wildman–Crippen MR) is 107 cm³/mol. The van der Waals surface area contributed by atoms with Gasteiger partial charge in [0.2, 0.25) is 5.91 Å². The predicted octanol–water partition coefficient (Wildman–Crippen LogP) is 4.20.